The Hall–Kier alpha value is -8.60. The zero-order valence-electron chi connectivity index (χ0n) is 43.3. The standard InChI is InChI=1S/C61H61ClN6O10/c1-61(2,3)78-36-54(58(73)66-53(59(74)75)31-38-21-26-44(69)27-22-38)67-56(71)51(33-40-11-10-28-63-34-40)65-55(70)50(30-37-19-24-43(62)25-20-37)64-57(72)52(32-39-18-23-41-12-4-5-13-42(41)29-39)68-60(76)77-35-49-47-16-8-6-14-45(47)46-15-7-9-17-48(46)49/h4-29,34,49-54,69H,30-33,35-36H2,1-3H3,(H,64,72)(H,65,70)(H,66,73)(H,67,71)(H,68,76)(H,74,75)/t50-,51-,52-,53+,54+/m1/s1. The Labute approximate surface area is 456 Å². The van der Waals surface area contributed by atoms with Gasteiger partial charge in [-0.25, -0.2) is 9.59 Å². The maximum absolute atomic E-state index is 14.9. The number of carboxylic acids is 1. The second kappa shape index (κ2) is 25.5. The molecule has 0 unspecified atom stereocenters. The SMILES string of the molecule is CC(C)(C)OC[C@H](NC(=O)[C@@H](Cc1cccnc1)NC(=O)[C@@H](Cc1ccc(Cl)cc1)NC(=O)[C@@H](Cc1ccc2ccccc2c1)NC(=O)OCC1c2ccccc2-c2ccccc21)C(=O)N[C@@H](Cc1ccc(O)cc1)C(=O)O. The number of hydrogen-bond donors (Lipinski definition) is 7. The van der Waals surface area contributed by atoms with Crippen LogP contribution in [0.5, 0.6) is 5.75 Å². The average Bonchev–Trinajstić information content (AvgIpc) is 3.79. The molecule has 0 saturated heterocycles. The Kier molecular flexibility index (Phi) is 18.2. The van der Waals surface area contributed by atoms with Gasteiger partial charge in [-0.15, -0.1) is 0 Å². The van der Waals surface area contributed by atoms with Gasteiger partial charge >= 0.3 is 12.1 Å². The monoisotopic (exact) mass is 1070 g/mol. The number of benzene rings is 6. The summed E-state index contributed by atoms with van der Waals surface area (Å²) in [5.74, 6) is -4.85. The van der Waals surface area contributed by atoms with E-state index in [1.165, 1.54) is 30.5 Å². The number of phenols is 1. The number of aromatic hydroxyl groups is 1. The third-order valence-electron chi connectivity index (χ3n) is 13.3. The summed E-state index contributed by atoms with van der Waals surface area (Å²) in [5, 5.41) is 35.9. The van der Waals surface area contributed by atoms with E-state index in [1.807, 2.05) is 91.0 Å². The molecule has 0 bridgehead atoms. The lowest BCUT2D eigenvalue weighted by Crippen LogP contribution is -2.60. The summed E-state index contributed by atoms with van der Waals surface area (Å²) >= 11 is 6.27. The second-order valence-electron chi connectivity index (χ2n) is 20.2. The first-order valence-electron chi connectivity index (χ1n) is 25.5. The number of carbonyl (C=O) groups is 6. The van der Waals surface area contributed by atoms with Crippen LogP contribution in [0.25, 0.3) is 21.9 Å². The summed E-state index contributed by atoms with van der Waals surface area (Å²) in [7, 11) is 0. The molecule has 0 radical (unpaired) electrons. The van der Waals surface area contributed by atoms with E-state index in [0.29, 0.717) is 27.3 Å². The average molecular weight is 1070 g/mol. The fourth-order valence-electron chi connectivity index (χ4n) is 9.30. The first-order chi connectivity index (χ1) is 37.5. The van der Waals surface area contributed by atoms with Crippen LogP contribution in [-0.4, -0.2) is 99.9 Å². The number of carboxylic acid groups (broad SMARTS) is 1. The number of nitrogens with zero attached hydrogens (tertiary/aromatic N) is 1. The largest absolute Gasteiger partial charge is 0.508 e. The Bertz CT molecular complexity index is 3220. The normalized spacial score (nSPS) is 13.8. The maximum Gasteiger partial charge on any atom is 0.407 e. The van der Waals surface area contributed by atoms with Crippen molar-refractivity contribution in [1.29, 1.82) is 0 Å². The lowest BCUT2D eigenvalue weighted by atomic mass is 9.98. The highest BCUT2D eigenvalue weighted by Gasteiger charge is 2.35. The zero-order chi connectivity index (χ0) is 55.3. The van der Waals surface area contributed by atoms with Crippen LogP contribution in [0.15, 0.2) is 164 Å². The molecule has 1 aliphatic rings. The van der Waals surface area contributed by atoms with Crippen LogP contribution in [0.4, 0.5) is 4.79 Å². The Morgan fingerprint density at radius 1 is 0.551 bits per heavy atom. The molecule has 7 N–H and O–H groups in total. The van der Waals surface area contributed by atoms with Gasteiger partial charge in [0.15, 0.2) is 0 Å². The van der Waals surface area contributed by atoms with Crippen LogP contribution in [0, 0.1) is 0 Å². The Morgan fingerprint density at radius 3 is 1.63 bits per heavy atom. The summed E-state index contributed by atoms with van der Waals surface area (Å²) < 4.78 is 11.9. The number of rotatable bonds is 22. The van der Waals surface area contributed by atoms with Crippen molar-refractivity contribution in [1.82, 2.24) is 31.6 Å². The van der Waals surface area contributed by atoms with E-state index in [4.69, 9.17) is 21.1 Å². The van der Waals surface area contributed by atoms with Crippen LogP contribution in [0.3, 0.4) is 0 Å². The quantitative estimate of drug-likeness (QED) is 0.0349. The number of amides is 5. The zero-order valence-corrected chi connectivity index (χ0v) is 44.0. The fourth-order valence-corrected chi connectivity index (χ4v) is 9.42. The number of ether oxygens (including phenoxy) is 2. The molecule has 0 spiro atoms. The smallest absolute Gasteiger partial charge is 0.407 e. The number of alkyl carbamates (subject to hydrolysis) is 1. The molecular weight excluding hydrogens is 1010 g/mol. The molecule has 17 heteroatoms. The molecule has 402 valence electrons. The molecule has 0 aliphatic heterocycles. The minimum atomic E-state index is -1.46. The van der Waals surface area contributed by atoms with Gasteiger partial charge in [-0.3, -0.25) is 24.2 Å². The molecule has 5 atom stereocenters. The van der Waals surface area contributed by atoms with Gasteiger partial charge in [0.25, 0.3) is 0 Å². The van der Waals surface area contributed by atoms with Crippen molar-refractivity contribution >= 4 is 58.1 Å². The molecule has 1 heterocycles. The number of carbonyl (C=O) groups excluding carboxylic acids is 5. The number of hydrogen-bond acceptors (Lipinski definition) is 10. The Morgan fingerprint density at radius 2 is 1.04 bits per heavy atom. The van der Waals surface area contributed by atoms with Crippen molar-refractivity contribution in [2.24, 2.45) is 0 Å². The number of halogens is 1. The molecule has 7 aromatic rings. The first kappa shape index (κ1) is 55.6. The molecule has 5 amide bonds. The molecule has 78 heavy (non-hydrogen) atoms. The van der Waals surface area contributed by atoms with Crippen molar-refractivity contribution in [3.8, 4) is 16.9 Å². The minimum absolute atomic E-state index is 0.0000504. The number of phenolic OH excluding ortho intramolecular Hbond substituents is 1. The summed E-state index contributed by atoms with van der Waals surface area (Å²) in [4.78, 5) is 89.1. The van der Waals surface area contributed by atoms with Crippen molar-refractivity contribution in [3.63, 3.8) is 0 Å². The van der Waals surface area contributed by atoms with E-state index in [9.17, 15) is 39.0 Å². The summed E-state index contributed by atoms with van der Waals surface area (Å²) in [6.45, 7) is 4.83. The third-order valence-corrected chi connectivity index (χ3v) is 13.5. The van der Waals surface area contributed by atoms with Gasteiger partial charge in [0.2, 0.25) is 23.6 Å². The minimum Gasteiger partial charge on any atom is -0.508 e. The van der Waals surface area contributed by atoms with Gasteiger partial charge in [-0.05, 0) is 106 Å². The molecule has 6 aromatic carbocycles. The predicted molar refractivity (Wildman–Crippen MR) is 296 cm³/mol. The van der Waals surface area contributed by atoms with Crippen LogP contribution in [0.1, 0.15) is 60.1 Å². The van der Waals surface area contributed by atoms with E-state index in [1.54, 1.807) is 63.4 Å². The van der Waals surface area contributed by atoms with Gasteiger partial charge in [0.1, 0.15) is 42.6 Å². The van der Waals surface area contributed by atoms with Gasteiger partial charge < -0.3 is 46.3 Å². The molecule has 16 nitrogen and oxygen atoms in total. The summed E-state index contributed by atoms with van der Waals surface area (Å²) in [6, 6.07) is 38.2. The molecule has 0 fully saturated rings. The summed E-state index contributed by atoms with van der Waals surface area (Å²) in [5.41, 5.74) is 5.67. The highest BCUT2D eigenvalue weighted by molar-refractivity contribution is 6.30. The number of aliphatic carboxylic acids is 1. The van der Waals surface area contributed by atoms with Crippen molar-refractivity contribution < 1.29 is 48.5 Å². The maximum atomic E-state index is 14.9. The van der Waals surface area contributed by atoms with E-state index in [-0.39, 0.29) is 50.6 Å². The van der Waals surface area contributed by atoms with Crippen LogP contribution >= 0.6 is 11.6 Å². The number of nitrogens with one attached hydrogen (secondary N) is 5. The molecule has 1 aromatic heterocycles. The predicted octanol–water partition coefficient (Wildman–Crippen LogP) is 7.61. The number of pyridine rings is 1. The molecule has 8 rings (SSSR count). The van der Waals surface area contributed by atoms with Crippen LogP contribution in [0.2, 0.25) is 5.02 Å². The Balaban J connectivity index is 1.05. The number of aromatic nitrogens is 1. The van der Waals surface area contributed by atoms with Gasteiger partial charge in [-0.1, -0.05) is 133 Å². The van der Waals surface area contributed by atoms with Gasteiger partial charge in [0.05, 0.1) is 12.2 Å². The first-order valence-corrected chi connectivity index (χ1v) is 25.9. The van der Waals surface area contributed by atoms with E-state index >= 15 is 0 Å². The summed E-state index contributed by atoms with van der Waals surface area (Å²) in [6.07, 6.45) is 1.83. The second-order valence-corrected chi connectivity index (χ2v) is 20.6. The van der Waals surface area contributed by atoms with Crippen molar-refractivity contribution in [2.75, 3.05) is 13.2 Å². The fraction of sp³-hybridized carbons (Fsp3) is 0.262. The third kappa shape index (κ3) is 15.1. The topological polar surface area (TPSA) is 234 Å². The van der Waals surface area contributed by atoms with Gasteiger partial charge in [0, 0.05) is 49.0 Å². The molecule has 1 aliphatic carbocycles. The van der Waals surface area contributed by atoms with E-state index in [2.05, 4.69) is 31.6 Å². The number of fused-ring (bicyclic) bond motifs is 4. The lowest BCUT2D eigenvalue weighted by molar-refractivity contribution is -0.143. The van der Waals surface area contributed by atoms with Crippen LogP contribution < -0.4 is 26.6 Å². The molecule has 0 saturated carbocycles. The van der Waals surface area contributed by atoms with Crippen molar-refractivity contribution in [3.05, 3.63) is 202 Å². The van der Waals surface area contributed by atoms with Gasteiger partial charge in [-0.2, -0.15) is 0 Å². The lowest BCUT2D eigenvalue weighted by Gasteiger charge is -2.28. The van der Waals surface area contributed by atoms with E-state index < -0.39 is 71.5 Å². The van der Waals surface area contributed by atoms with Crippen molar-refractivity contribution in [2.45, 2.75) is 88.2 Å². The van der Waals surface area contributed by atoms with E-state index in [0.717, 1.165) is 33.0 Å². The highest BCUT2D eigenvalue weighted by atomic mass is 35.5. The highest BCUT2D eigenvalue weighted by Crippen LogP contribution is 2.44. The molecular formula is C61H61ClN6O10. The van der Waals surface area contributed by atoms with Crippen LogP contribution in [-0.2, 0) is 59.1 Å².